The number of aliphatic hydroxyl groups excluding tert-OH is 1. The minimum Gasteiger partial charge on any atom is -0.396 e. The Labute approximate surface area is 216 Å². The quantitative estimate of drug-likeness (QED) is 0.502. The number of nitrogens with zero attached hydrogens (tertiary/aromatic N) is 2. The molecule has 36 heavy (non-hydrogen) atoms. The first-order chi connectivity index (χ1) is 16.7. The van der Waals surface area contributed by atoms with Crippen LogP contribution in [0.3, 0.4) is 0 Å². The largest absolute Gasteiger partial charge is 0.396 e. The molecule has 0 bridgehead atoms. The summed E-state index contributed by atoms with van der Waals surface area (Å²) in [4.78, 5) is 27.5. The lowest BCUT2D eigenvalue weighted by atomic mass is 9.31. The van der Waals surface area contributed by atoms with E-state index in [0.717, 1.165) is 44.9 Å². The van der Waals surface area contributed by atoms with Crippen LogP contribution in [0, 0.1) is 78.8 Å². The van der Waals surface area contributed by atoms with Gasteiger partial charge in [0.25, 0.3) is 0 Å². The maximum absolute atomic E-state index is 14.3. The first-order valence-corrected chi connectivity index (χ1v) is 13.9. The molecule has 5 aliphatic carbocycles. The van der Waals surface area contributed by atoms with E-state index >= 15 is 0 Å². The topological polar surface area (TPSA) is 102 Å². The van der Waals surface area contributed by atoms with Crippen molar-refractivity contribution in [1.29, 1.82) is 10.5 Å². The van der Waals surface area contributed by atoms with E-state index in [-0.39, 0.29) is 63.3 Å². The van der Waals surface area contributed by atoms with E-state index in [1.165, 1.54) is 0 Å². The van der Waals surface area contributed by atoms with E-state index in [4.69, 9.17) is 0 Å². The monoisotopic (exact) mass is 490 g/mol. The van der Waals surface area contributed by atoms with E-state index in [1.807, 2.05) is 6.08 Å². The number of carbonyl (C=O) groups excluding carboxylic acids is 2. The van der Waals surface area contributed by atoms with Gasteiger partial charge in [-0.15, -0.1) is 0 Å². The summed E-state index contributed by atoms with van der Waals surface area (Å²) in [6.07, 6.45) is 8.79. The molecule has 0 radical (unpaired) electrons. The number of carbonyl (C=O) groups is 2. The summed E-state index contributed by atoms with van der Waals surface area (Å²) >= 11 is 0. The van der Waals surface area contributed by atoms with Gasteiger partial charge in [-0.3, -0.25) is 9.59 Å². The Balaban J connectivity index is 1.65. The van der Waals surface area contributed by atoms with Crippen LogP contribution in [0.2, 0.25) is 0 Å². The third-order valence-corrected chi connectivity index (χ3v) is 12.9. The molecule has 0 amide bonds. The second kappa shape index (κ2) is 7.54. The summed E-state index contributed by atoms with van der Waals surface area (Å²) in [5.74, 6) is -0.196. The molecule has 9 atom stereocenters. The highest BCUT2D eigenvalue weighted by atomic mass is 16.3. The van der Waals surface area contributed by atoms with E-state index in [0.29, 0.717) is 12.2 Å². The second-order valence-electron chi connectivity index (χ2n) is 14.8. The van der Waals surface area contributed by atoms with Crippen LogP contribution in [0.1, 0.15) is 92.9 Å². The Kier molecular flexibility index (Phi) is 5.37. The molecule has 5 nitrogen and oxygen atoms in total. The summed E-state index contributed by atoms with van der Waals surface area (Å²) in [5, 5.41) is 30.7. The first kappa shape index (κ1) is 25.7. The SMILES string of the molecule is CC1(C)CC[C@]2(CO)CC[C@]3(C)C(C(=O)CC4[C@@]5(C)C=C(C#N)C(=O)[C@@](C)(C#N)C5CC[C@]43C)C2C1. The van der Waals surface area contributed by atoms with Gasteiger partial charge in [-0.05, 0) is 96.7 Å². The van der Waals surface area contributed by atoms with Gasteiger partial charge in [-0.25, -0.2) is 0 Å². The maximum Gasteiger partial charge on any atom is 0.193 e. The molecule has 4 fully saturated rings. The third-order valence-electron chi connectivity index (χ3n) is 12.9. The van der Waals surface area contributed by atoms with Crippen molar-refractivity contribution in [3.05, 3.63) is 11.6 Å². The smallest absolute Gasteiger partial charge is 0.193 e. The highest BCUT2D eigenvalue weighted by molar-refractivity contribution is 6.06. The van der Waals surface area contributed by atoms with Crippen molar-refractivity contribution in [2.45, 2.75) is 92.9 Å². The van der Waals surface area contributed by atoms with Crippen LogP contribution in [0.5, 0.6) is 0 Å². The van der Waals surface area contributed by atoms with Gasteiger partial charge in [0, 0.05) is 18.9 Å². The molecule has 5 heteroatoms. The normalized spacial score (nSPS) is 51.4. The average Bonchev–Trinajstić information content (AvgIpc) is 2.82. The van der Waals surface area contributed by atoms with Crippen LogP contribution in [0.4, 0.5) is 0 Å². The Morgan fingerprint density at radius 2 is 1.61 bits per heavy atom. The number of rotatable bonds is 1. The highest BCUT2D eigenvalue weighted by Gasteiger charge is 2.72. The number of fused-ring (bicyclic) bond motifs is 7. The molecule has 0 aromatic rings. The second-order valence-corrected chi connectivity index (χ2v) is 14.8. The van der Waals surface area contributed by atoms with Crippen molar-refractivity contribution >= 4 is 11.6 Å². The molecule has 5 aliphatic rings. The third kappa shape index (κ3) is 2.90. The summed E-state index contributed by atoms with van der Waals surface area (Å²) in [5.41, 5.74) is -2.12. The summed E-state index contributed by atoms with van der Waals surface area (Å²) < 4.78 is 0. The zero-order chi connectivity index (χ0) is 26.5. The van der Waals surface area contributed by atoms with Crippen LogP contribution in [-0.4, -0.2) is 23.3 Å². The van der Waals surface area contributed by atoms with Crippen molar-refractivity contribution in [1.82, 2.24) is 0 Å². The molecule has 194 valence electrons. The standard InChI is InChI=1S/C31H42N2O3/c1-26(2)9-11-31(18-34)12-10-30(6)24(20(31)15-26)21(35)13-23-27(3)14-19(16-32)25(36)28(4,17-33)22(27)7-8-29(23,30)5/h14,20,22-24,34H,7-13,15,18H2,1-6H3/t20?,22?,23?,24?,27-,28-,29+,30+,31+/m0/s1. The average molecular weight is 491 g/mol. The predicted molar refractivity (Wildman–Crippen MR) is 136 cm³/mol. The van der Waals surface area contributed by atoms with E-state index in [9.17, 15) is 25.2 Å². The fourth-order valence-electron chi connectivity index (χ4n) is 10.5. The summed E-state index contributed by atoms with van der Waals surface area (Å²) in [7, 11) is 0. The fraction of sp³-hybridized carbons (Fsp3) is 0.806. The van der Waals surface area contributed by atoms with Gasteiger partial charge in [0.2, 0.25) is 0 Å². The molecule has 0 spiro atoms. The lowest BCUT2D eigenvalue weighted by Crippen LogP contribution is -2.69. The van der Waals surface area contributed by atoms with Crippen molar-refractivity contribution in [2.24, 2.45) is 56.2 Å². The van der Waals surface area contributed by atoms with Gasteiger partial charge in [0.15, 0.2) is 5.78 Å². The fourth-order valence-corrected chi connectivity index (χ4v) is 10.5. The molecule has 1 N–H and O–H groups in total. The number of Topliss-reactive ketones (excluding diaryl/α,β-unsaturated/α-hetero) is 2. The lowest BCUT2D eigenvalue weighted by Gasteiger charge is -2.71. The van der Waals surface area contributed by atoms with Crippen molar-refractivity contribution < 1.29 is 14.7 Å². The number of hydrogen-bond donors (Lipinski definition) is 1. The van der Waals surface area contributed by atoms with Crippen LogP contribution < -0.4 is 0 Å². The van der Waals surface area contributed by atoms with Gasteiger partial charge in [0.1, 0.15) is 17.3 Å². The Morgan fingerprint density at radius 1 is 0.944 bits per heavy atom. The molecular weight excluding hydrogens is 448 g/mol. The summed E-state index contributed by atoms with van der Waals surface area (Å²) in [6, 6.07) is 4.40. The van der Waals surface area contributed by atoms with E-state index in [2.05, 4.69) is 46.8 Å². The Hall–Kier alpha value is -1.98. The molecule has 0 aromatic carbocycles. The molecule has 5 rings (SSSR count). The Morgan fingerprint density at radius 3 is 2.22 bits per heavy atom. The van der Waals surface area contributed by atoms with Gasteiger partial charge in [0.05, 0.1) is 11.6 Å². The van der Waals surface area contributed by atoms with Gasteiger partial charge >= 0.3 is 0 Å². The predicted octanol–water partition coefficient (Wildman–Crippen LogP) is 5.78. The van der Waals surface area contributed by atoms with Crippen LogP contribution >= 0.6 is 0 Å². The minimum absolute atomic E-state index is 0.0279. The molecule has 0 saturated heterocycles. The molecule has 4 unspecified atom stereocenters. The number of nitriles is 2. The van der Waals surface area contributed by atoms with Gasteiger partial charge in [-0.2, -0.15) is 10.5 Å². The molecule has 0 aliphatic heterocycles. The zero-order valence-corrected chi connectivity index (χ0v) is 22.9. The van der Waals surface area contributed by atoms with Crippen LogP contribution in [0.15, 0.2) is 11.6 Å². The highest BCUT2D eigenvalue weighted by Crippen LogP contribution is 2.75. The lowest BCUT2D eigenvalue weighted by molar-refractivity contribution is -0.225. The number of allylic oxidation sites excluding steroid dienone is 2. The number of hydrogen-bond acceptors (Lipinski definition) is 5. The summed E-state index contributed by atoms with van der Waals surface area (Å²) in [6.45, 7) is 13.3. The zero-order valence-electron chi connectivity index (χ0n) is 22.9. The van der Waals surface area contributed by atoms with Crippen molar-refractivity contribution in [2.75, 3.05) is 6.61 Å². The Bertz CT molecular complexity index is 1140. The number of aliphatic hydroxyl groups is 1. The van der Waals surface area contributed by atoms with Crippen molar-refractivity contribution in [3.8, 4) is 12.1 Å². The maximum atomic E-state index is 14.3. The first-order valence-electron chi connectivity index (χ1n) is 13.9. The van der Waals surface area contributed by atoms with Crippen LogP contribution in [-0.2, 0) is 9.59 Å². The van der Waals surface area contributed by atoms with E-state index < -0.39 is 10.8 Å². The van der Waals surface area contributed by atoms with E-state index in [1.54, 1.807) is 6.92 Å². The minimum atomic E-state index is -1.25. The molecule has 0 aromatic heterocycles. The molecule has 0 heterocycles. The van der Waals surface area contributed by atoms with Crippen molar-refractivity contribution in [3.63, 3.8) is 0 Å². The van der Waals surface area contributed by atoms with Crippen LogP contribution in [0.25, 0.3) is 0 Å². The molecule has 4 saturated carbocycles. The molecular formula is C31H42N2O3. The van der Waals surface area contributed by atoms with Gasteiger partial charge < -0.3 is 5.11 Å². The van der Waals surface area contributed by atoms with Gasteiger partial charge in [-0.1, -0.05) is 40.7 Å². The number of ketones is 2.